The van der Waals surface area contributed by atoms with E-state index < -0.39 is 0 Å². The maximum Gasteiger partial charge on any atom is 0.134 e. The Hall–Kier alpha value is -0.680. The molecule has 2 heterocycles. The van der Waals surface area contributed by atoms with Crippen molar-refractivity contribution in [3.05, 3.63) is 16.5 Å². The molecule has 1 atom stereocenters. The normalized spacial score (nSPS) is 22.5. The van der Waals surface area contributed by atoms with Crippen molar-refractivity contribution in [3.63, 3.8) is 0 Å². The van der Waals surface area contributed by atoms with Gasteiger partial charge in [0.05, 0.1) is 5.60 Å². The summed E-state index contributed by atoms with van der Waals surface area (Å²) in [6.45, 7) is 9.27. The van der Waals surface area contributed by atoms with Gasteiger partial charge in [0.25, 0.3) is 0 Å². The van der Waals surface area contributed by atoms with Gasteiger partial charge in [-0.25, -0.2) is 9.97 Å². The molecule has 0 radical (unpaired) electrons. The van der Waals surface area contributed by atoms with Crippen LogP contribution in [0.3, 0.4) is 0 Å². The second-order valence-corrected chi connectivity index (χ2v) is 6.84. The SMILES string of the molecule is CC(C)c1nc(Br)cc(NC2CCOC(C)(C)C2)n1. The Bertz CT molecular complexity index is 448. The molecular weight excluding hydrogens is 306 g/mol. The molecule has 1 aromatic heterocycles. The van der Waals surface area contributed by atoms with E-state index in [1.165, 1.54) is 0 Å². The van der Waals surface area contributed by atoms with E-state index in [1.807, 2.05) is 6.07 Å². The van der Waals surface area contributed by atoms with E-state index in [-0.39, 0.29) is 5.60 Å². The molecule has 0 amide bonds. The Kier molecular flexibility index (Phi) is 4.46. The summed E-state index contributed by atoms with van der Waals surface area (Å²) in [5, 5.41) is 3.51. The molecule has 0 saturated carbocycles. The third kappa shape index (κ3) is 4.14. The van der Waals surface area contributed by atoms with Gasteiger partial charge in [0, 0.05) is 24.6 Å². The van der Waals surface area contributed by atoms with Crippen molar-refractivity contribution in [3.8, 4) is 0 Å². The molecular formula is C14H22BrN3O. The monoisotopic (exact) mass is 327 g/mol. The first-order valence-electron chi connectivity index (χ1n) is 6.81. The van der Waals surface area contributed by atoms with Crippen molar-refractivity contribution in [2.75, 3.05) is 11.9 Å². The van der Waals surface area contributed by atoms with Crippen LogP contribution in [0.2, 0.25) is 0 Å². The van der Waals surface area contributed by atoms with Crippen LogP contribution in [0.25, 0.3) is 0 Å². The highest BCUT2D eigenvalue weighted by Gasteiger charge is 2.29. The number of nitrogens with zero attached hydrogens (tertiary/aromatic N) is 2. The van der Waals surface area contributed by atoms with Crippen LogP contribution in [0.15, 0.2) is 10.7 Å². The Balaban J connectivity index is 2.10. The summed E-state index contributed by atoms with van der Waals surface area (Å²) >= 11 is 3.45. The standard InChI is InChI=1S/C14H22BrN3O/c1-9(2)13-17-11(15)7-12(18-13)16-10-5-6-19-14(3,4)8-10/h7,9-10H,5-6,8H2,1-4H3,(H,16,17,18). The topological polar surface area (TPSA) is 47.0 Å². The summed E-state index contributed by atoms with van der Waals surface area (Å²) in [7, 11) is 0. The Morgan fingerprint density at radius 3 is 2.79 bits per heavy atom. The molecule has 1 N–H and O–H groups in total. The maximum atomic E-state index is 5.74. The molecule has 0 aliphatic carbocycles. The lowest BCUT2D eigenvalue weighted by atomic mass is 9.94. The Morgan fingerprint density at radius 1 is 1.42 bits per heavy atom. The van der Waals surface area contributed by atoms with E-state index in [2.05, 4.69) is 58.9 Å². The van der Waals surface area contributed by atoms with E-state index in [0.717, 1.165) is 35.7 Å². The second-order valence-electron chi connectivity index (χ2n) is 6.03. The number of anilines is 1. The average molecular weight is 328 g/mol. The zero-order chi connectivity index (χ0) is 14.0. The summed E-state index contributed by atoms with van der Waals surface area (Å²) < 4.78 is 6.57. The van der Waals surface area contributed by atoms with Crippen molar-refractivity contribution in [2.24, 2.45) is 0 Å². The van der Waals surface area contributed by atoms with Gasteiger partial charge < -0.3 is 10.1 Å². The molecule has 4 nitrogen and oxygen atoms in total. The second kappa shape index (κ2) is 5.75. The molecule has 1 saturated heterocycles. The van der Waals surface area contributed by atoms with Gasteiger partial charge in [-0.1, -0.05) is 13.8 Å². The van der Waals surface area contributed by atoms with Gasteiger partial charge >= 0.3 is 0 Å². The molecule has 1 unspecified atom stereocenters. The number of rotatable bonds is 3. The Morgan fingerprint density at radius 2 is 2.16 bits per heavy atom. The first kappa shape index (κ1) is 14.7. The van der Waals surface area contributed by atoms with Gasteiger partial charge in [0.15, 0.2) is 0 Å². The predicted molar refractivity (Wildman–Crippen MR) is 80.5 cm³/mol. The largest absolute Gasteiger partial charge is 0.375 e. The highest BCUT2D eigenvalue weighted by Crippen LogP contribution is 2.27. The Labute approximate surface area is 123 Å². The van der Waals surface area contributed by atoms with Crippen LogP contribution in [0, 0.1) is 0 Å². The summed E-state index contributed by atoms with van der Waals surface area (Å²) in [4.78, 5) is 8.98. The maximum absolute atomic E-state index is 5.74. The van der Waals surface area contributed by atoms with Gasteiger partial charge in [-0.15, -0.1) is 0 Å². The zero-order valence-electron chi connectivity index (χ0n) is 12.0. The van der Waals surface area contributed by atoms with E-state index in [0.29, 0.717) is 12.0 Å². The van der Waals surface area contributed by atoms with Gasteiger partial charge in [-0.05, 0) is 42.6 Å². The number of nitrogens with one attached hydrogen (secondary N) is 1. The highest BCUT2D eigenvalue weighted by molar-refractivity contribution is 9.10. The van der Waals surface area contributed by atoms with Gasteiger partial charge in [-0.2, -0.15) is 0 Å². The molecule has 1 aromatic rings. The van der Waals surface area contributed by atoms with E-state index in [9.17, 15) is 0 Å². The van der Waals surface area contributed by atoms with Gasteiger partial charge in [0.1, 0.15) is 16.2 Å². The van der Waals surface area contributed by atoms with Crippen molar-refractivity contribution in [1.82, 2.24) is 9.97 Å². The molecule has 5 heteroatoms. The molecule has 0 spiro atoms. The molecule has 0 aromatic carbocycles. The fraction of sp³-hybridized carbons (Fsp3) is 0.714. The molecule has 2 rings (SSSR count). The van der Waals surface area contributed by atoms with E-state index in [1.54, 1.807) is 0 Å². The van der Waals surface area contributed by atoms with Crippen LogP contribution in [0.1, 0.15) is 52.3 Å². The molecule has 19 heavy (non-hydrogen) atoms. The summed E-state index contributed by atoms with van der Waals surface area (Å²) in [5.41, 5.74) is -0.0545. The van der Waals surface area contributed by atoms with Crippen LogP contribution in [-0.4, -0.2) is 28.2 Å². The third-order valence-corrected chi connectivity index (χ3v) is 3.68. The lowest BCUT2D eigenvalue weighted by molar-refractivity contribution is -0.0553. The smallest absolute Gasteiger partial charge is 0.134 e. The van der Waals surface area contributed by atoms with Crippen LogP contribution >= 0.6 is 15.9 Å². The first-order valence-corrected chi connectivity index (χ1v) is 7.60. The fourth-order valence-corrected chi connectivity index (χ4v) is 2.73. The number of hydrogen-bond acceptors (Lipinski definition) is 4. The van der Waals surface area contributed by atoms with Crippen molar-refractivity contribution in [2.45, 2.75) is 58.1 Å². The molecule has 1 aliphatic rings. The lowest BCUT2D eigenvalue weighted by Gasteiger charge is -2.36. The molecule has 106 valence electrons. The van der Waals surface area contributed by atoms with Gasteiger partial charge in [0.2, 0.25) is 0 Å². The highest BCUT2D eigenvalue weighted by atomic mass is 79.9. The summed E-state index contributed by atoms with van der Waals surface area (Å²) in [6.07, 6.45) is 2.01. The summed E-state index contributed by atoms with van der Waals surface area (Å²) in [6, 6.07) is 2.35. The van der Waals surface area contributed by atoms with E-state index in [4.69, 9.17) is 4.74 Å². The van der Waals surface area contributed by atoms with E-state index >= 15 is 0 Å². The predicted octanol–water partition coefficient (Wildman–Crippen LogP) is 3.73. The van der Waals surface area contributed by atoms with Crippen LogP contribution in [-0.2, 0) is 4.74 Å². The number of aromatic nitrogens is 2. The number of halogens is 1. The first-order chi connectivity index (χ1) is 8.85. The summed E-state index contributed by atoms with van der Waals surface area (Å²) in [5.74, 6) is 2.08. The minimum Gasteiger partial charge on any atom is -0.375 e. The van der Waals surface area contributed by atoms with Crippen molar-refractivity contribution in [1.29, 1.82) is 0 Å². The van der Waals surface area contributed by atoms with Crippen LogP contribution in [0.5, 0.6) is 0 Å². The minimum absolute atomic E-state index is 0.0545. The number of hydrogen-bond donors (Lipinski definition) is 1. The fourth-order valence-electron chi connectivity index (χ4n) is 2.33. The lowest BCUT2D eigenvalue weighted by Crippen LogP contribution is -2.40. The molecule has 1 aliphatic heterocycles. The quantitative estimate of drug-likeness (QED) is 0.859. The number of ether oxygens (including phenoxy) is 1. The molecule has 1 fully saturated rings. The van der Waals surface area contributed by atoms with Gasteiger partial charge in [-0.3, -0.25) is 0 Å². The van der Waals surface area contributed by atoms with Crippen LogP contribution in [0.4, 0.5) is 5.82 Å². The zero-order valence-corrected chi connectivity index (χ0v) is 13.6. The third-order valence-electron chi connectivity index (χ3n) is 3.28. The van der Waals surface area contributed by atoms with Crippen LogP contribution < -0.4 is 5.32 Å². The van der Waals surface area contributed by atoms with Crippen molar-refractivity contribution >= 4 is 21.7 Å². The van der Waals surface area contributed by atoms with Crippen molar-refractivity contribution < 1.29 is 4.74 Å². The molecule has 0 bridgehead atoms. The minimum atomic E-state index is -0.0545. The average Bonchev–Trinajstić information content (AvgIpc) is 2.26.